The van der Waals surface area contributed by atoms with Crippen LogP contribution in [-0.4, -0.2) is 15.2 Å². The molecule has 2 aromatic rings. The van der Waals surface area contributed by atoms with Crippen molar-refractivity contribution in [3.05, 3.63) is 40.9 Å². The van der Waals surface area contributed by atoms with Crippen molar-refractivity contribution in [2.24, 2.45) is 0 Å². The zero-order valence-corrected chi connectivity index (χ0v) is 7.91. The molecular weight excluding hydrogens is 184 g/mol. The summed E-state index contributed by atoms with van der Waals surface area (Å²) in [6, 6.07) is 7.34. The second kappa shape index (κ2) is 3.22. The highest BCUT2D eigenvalue weighted by molar-refractivity contribution is 7.97. The van der Waals surface area contributed by atoms with Gasteiger partial charge in [-0.25, -0.2) is 8.96 Å². The van der Waals surface area contributed by atoms with Gasteiger partial charge in [-0.3, -0.25) is 4.79 Å². The molecule has 1 aromatic carbocycles. The van der Waals surface area contributed by atoms with Crippen LogP contribution in [0.2, 0.25) is 0 Å². The predicted octanol–water partition coefficient (Wildman–Crippen LogP) is 1.52. The van der Waals surface area contributed by atoms with E-state index in [0.29, 0.717) is 5.39 Å². The zero-order valence-electron chi connectivity index (χ0n) is 7.10. The van der Waals surface area contributed by atoms with Crippen LogP contribution in [-0.2, 0) is 0 Å². The molecule has 0 bridgehead atoms. The third kappa shape index (κ3) is 1.33. The SMILES string of the molecule is CSn1cnc2ccccc2c1=O. The average molecular weight is 192 g/mol. The first kappa shape index (κ1) is 8.31. The third-order valence-electron chi connectivity index (χ3n) is 1.83. The van der Waals surface area contributed by atoms with Crippen molar-refractivity contribution >= 4 is 22.9 Å². The Morgan fingerprint density at radius 1 is 1.38 bits per heavy atom. The van der Waals surface area contributed by atoms with Crippen LogP contribution < -0.4 is 5.56 Å². The normalized spacial score (nSPS) is 10.5. The lowest BCUT2D eigenvalue weighted by molar-refractivity contribution is 1.10. The van der Waals surface area contributed by atoms with E-state index in [4.69, 9.17) is 0 Å². The lowest BCUT2D eigenvalue weighted by atomic mass is 10.2. The maximum atomic E-state index is 11.7. The number of benzene rings is 1. The molecule has 66 valence electrons. The molecule has 0 N–H and O–H groups in total. The van der Waals surface area contributed by atoms with E-state index in [1.807, 2.05) is 24.5 Å². The summed E-state index contributed by atoms with van der Waals surface area (Å²) in [5.41, 5.74) is 0.746. The number of rotatable bonds is 1. The summed E-state index contributed by atoms with van der Waals surface area (Å²) in [4.78, 5) is 15.8. The van der Waals surface area contributed by atoms with Gasteiger partial charge in [0, 0.05) is 6.26 Å². The smallest absolute Gasteiger partial charge is 0.268 e. The van der Waals surface area contributed by atoms with E-state index in [-0.39, 0.29) is 5.56 Å². The third-order valence-corrected chi connectivity index (χ3v) is 2.49. The molecule has 0 saturated carbocycles. The van der Waals surface area contributed by atoms with Gasteiger partial charge in [0.2, 0.25) is 0 Å². The summed E-state index contributed by atoms with van der Waals surface area (Å²) in [5, 5.41) is 0.666. The highest BCUT2D eigenvalue weighted by Gasteiger charge is 2.00. The van der Waals surface area contributed by atoms with Gasteiger partial charge in [0.05, 0.1) is 10.9 Å². The minimum Gasteiger partial charge on any atom is -0.268 e. The van der Waals surface area contributed by atoms with Crippen LogP contribution in [0.25, 0.3) is 10.9 Å². The molecule has 13 heavy (non-hydrogen) atoms. The van der Waals surface area contributed by atoms with Gasteiger partial charge >= 0.3 is 0 Å². The second-order valence-corrected chi connectivity index (χ2v) is 3.33. The molecule has 0 unspecified atom stereocenters. The van der Waals surface area contributed by atoms with E-state index in [0.717, 1.165) is 5.52 Å². The summed E-state index contributed by atoms with van der Waals surface area (Å²) < 4.78 is 1.52. The molecule has 0 atom stereocenters. The standard InChI is InChI=1S/C9H8N2OS/c1-13-11-6-10-8-5-3-2-4-7(8)9(11)12/h2-6H,1H3. The van der Waals surface area contributed by atoms with E-state index < -0.39 is 0 Å². The Bertz CT molecular complexity index is 492. The molecule has 0 amide bonds. The van der Waals surface area contributed by atoms with Crippen molar-refractivity contribution in [3.8, 4) is 0 Å². The molecule has 0 aliphatic rings. The molecule has 0 spiro atoms. The predicted molar refractivity (Wildman–Crippen MR) is 54.9 cm³/mol. The number of fused-ring (bicyclic) bond motifs is 1. The Morgan fingerprint density at radius 2 is 2.15 bits per heavy atom. The van der Waals surface area contributed by atoms with Crippen molar-refractivity contribution in [1.82, 2.24) is 8.96 Å². The molecule has 0 saturated heterocycles. The van der Waals surface area contributed by atoms with Crippen LogP contribution >= 0.6 is 11.9 Å². The first-order chi connectivity index (χ1) is 6.33. The van der Waals surface area contributed by atoms with Crippen molar-refractivity contribution in [1.29, 1.82) is 0 Å². The quantitative estimate of drug-likeness (QED) is 0.687. The number of aromatic nitrogens is 2. The molecule has 1 aromatic heterocycles. The van der Waals surface area contributed by atoms with Crippen molar-refractivity contribution < 1.29 is 0 Å². The lowest BCUT2D eigenvalue weighted by Crippen LogP contribution is -2.14. The van der Waals surface area contributed by atoms with Gasteiger partial charge in [-0.05, 0) is 24.1 Å². The van der Waals surface area contributed by atoms with Crippen molar-refractivity contribution in [3.63, 3.8) is 0 Å². The van der Waals surface area contributed by atoms with Gasteiger partial charge in [-0.1, -0.05) is 12.1 Å². The van der Waals surface area contributed by atoms with Gasteiger partial charge in [-0.15, -0.1) is 0 Å². The largest absolute Gasteiger partial charge is 0.271 e. The van der Waals surface area contributed by atoms with Crippen LogP contribution in [0.5, 0.6) is 0 Å². The number of hydrogen-bond acceptors (Lipinski definition) is 3. The maximum absolute atomic E-state index is 11.7. The van der Waals surface area contributed by atoms with E-state index in [9.17, 15) is 4.79 Å². The highest BCUT2D eigenvalue weighted by atomic mass is 32.2. The number of para-hydroxylation sites is 1. The van der Waals surface area contributed by atoms with Crippen molar-refractivity contribution in [2.75, 3.05) is 6.26 Å². The topological polar surface area (TPSA) is 34.9 Å². The first-order valence-corrected chi connectivity index (χ1v) is 5.02. The molecule has 2 rings (SSSR count). The van der Waals surface area contributed by atoms with E-state index in [1.54, 1.807) is 12.4 Å². The maximum Gasteiger partial charge on any atom is 0.271 e. The highest BCUT2D eigenvalue weighted by Crippen LogP contribution is 2.06. The van der Waals surface area contributed by atoms with E-state index in [2.05, 4.69) is 4.98 Å². The van der Waals surface area contributed by atoms with Crippen molar-refractivity contribution in [2.45, 2.75) is 0 Å². The fourth-order valence-electron chi connectivity index (χ4n) is 1.18. The Kier molecular flexibility index (Phi) is 2.06. The van der Waals surface area contributed by atoms with E-state index >= 15 is 0 Å². The fourth-order valence-corrected chi connectivity index (χ4v) is 1.59. The minimum absolute atomic E-state index is 0.00176. The number of hydrogen-bond donors (Lipinski definition) is 0. The molecular formula is C9H8N2OS. The molecule has 0 aliphatic heterocycles. The van der Waals surface area contributed by atoms with Crippen LogP contribution in [0.1, 0.15) is 0 Å². The molecule has 1 heterocycles. The molecule has 0 fully saturated rings. The minimum atomic E-state index is -0.00176. The van der Waals surface area contributed by atoms with Gasteiger partial charge in [0.15, 0.2) is 0 Å². The molecule has 0 radical (unpaired) electrons. The Morgan fingerprint density at radius 3 is 2.92 bits per heavy atom. The fraction of sp³-hybridized carbons (Fsp3) is 0.111. The van der Waals surface area contributed by atoms with Crippen LogP contribution in [0.3, 0.4) is 0 Å². The zero-order chi connectivity index (χ0) is 9.26. The average Bonchev–Trinajstić information content (AvgIpc) is 2.19. The monoisotopic (exact) mass is 192 g/mol. The summed E-state index contributed by atoms with van der Waals surface area (Å²) in [5.74, 6) is 0. The van der Waals surface area contributed by atoms with Gasteiger partial charge in [-0.2, -0.15) is 0 Å². The lowest BCUT2D eigenvalue weighted by Gasteiger charge is -2.00. The number of nitrogens with zero attached hydrogens (tertiary/aromatic N) is 2. The van der Waals surface area contributed by atoms with Gasteiger partial charge in [0.1, 0.15) is 6.33 Å². The Hall–Kier alpha value is -1.29. The Labute approximate surface area is 79.5 Å². The molecule has 0 aliphatic carbocycles. The first-order valence-electron chi connectivity index (χ1n) is 3.84. The van der Waals surface area contributed by atoms with E-state index in [1.165, 1.54) is 15.9 Å². The van der Waals surface area contributed by atoms with Crippen LogP contribution in [0.4, 0.5) is 0 Å². The molecule has 4 heteroatoms. The summed E-state index contributed by atoms with van der Waals surface area (Å²) in [6.07, 6.45) is 3.40. The second-order valence-electron chi connectivity index (χ2n) is 2.58. The van der Waals surface area contributed by atoms with Gasteiger partial charge in [0.25, 0.3) is 5.56 Å². The summed E-state index contributed by atoms with van der Waals surface area (Å²) in [6.45, 7) is 0. The Balaban J connectivity index is 2.87. The summed E-state index contributed by atoms with van der Waals surface area (Å²) in [7, 11) is 0. The van der Waals surface area contributed by atoms with Crippen LogP contribution in [0.15, 0.2) is 35.4 Å². The van der Waals surface area contributed by atoms with Gasteiger partial charge < -0.3 is 0 Å². The summed E-state index contributed by atoms with van der Waals surface area (Å²) >= 11 is 1.35. The molecule has 3 nitrogen and oxygen atoms in total. The van der Waals surface area contributed by atoms with Crippen LogP contribution in [0, 0.1) is 0 Å².